The van der Waals surface area contributed by atoms with Crippen LogP contribution in [0.4, 0.5) is 0 Å². The Hall–Kier alpha value is -2.65. The minimum atomic E-state index is -0.0165. The SMILES string of the molecule is Oc1ccc(C(=S)c2ccc(-c3ccccc3)cc2)c(O)c1. The maximum Gasteiger partial charge on any atom is 0.127 e. The lowest BCUT2D eigenvalue weighted by atomic mass is 9.99. The fourth-order valence-electron chi connectivity index (χ4n) is 2.31. The second-order valence-corrected chi connectivity index (χ2v) is 5.38. The number of hydrogen-bond donors (Lipinski definition) is 2. The third kappa shape index (κ3) is 2.85. The van der Waals surface area contributed by atoms with E-state index < -0.39 is 0 Å². The molecule has 2 N–H and O–H groups in total. The highest BCUT2D eigenvalue weighted by molar-refractivity contribution is 7.81. The number of rotatable bonds is 3. The average molecular weight is 306 g/mol. The van der Waals surface area contributed by atoms with Gasteiger partial charge < -0.3 is 10.2 Å². The summed E-state index contributed by atoms with van der Waals surface area (Å²) in [5.41, 5.74) is 3.66. The Bertz CT molecular complexity index is 809. The zero-order valence-corrected chi connectivity index (χ0v) is 12.5. The molecule has 0 unspecified atom stereocenters. The lowest BCUT2D eigenvalue weighted by molar-refractivity contribution is 0.450. The van der Waals surface area contributed by atoms with Gasteiger partial charge in [-0.25, -0.2) is 0 Å². The van der Waals surface area contributed by atoms with Gasteiger partial charge in [0.05, 0.1) is 4.86 Å². The van der Waals surface area contributed by atoms with E-state index in [-0.39, 0.29) is 11.5 Å². The third-order valence-corrected chi connectivity index (χ3v) is 3.94. The standard InChI is InChI=1S/C19H14O2S/c20-16-10-11-17(18(21)12-16)19(22)15-8-6-14(7-9-15)13-4-2-1-3-5-13/h1-12,20-21H. The molecule has 0 atom stereocenters. The first kappa shape index (κ1) is 14.3. The number of aromatic hydroxyl groups is 2. The number of hydrogen-bond acceptors (Lipinski definition) is 3. The molecule has 0 bridgehead atoms. The molecule has 22 heavy (non-hydrogen) atoms. The van der Waals surface area contributed by atoms with Gasteiger partial charge in [-0.2, -0.15) is 0 Å². The number of phenols is 2. The van der Waals surface area contributed by atoms with Gasteiger partial charge in [0.1, 0.15) is 11.5 Å². The summed E-state index contributed by atoms with van der Waals surface area (Å²) in [4.78, 5) is 0.553. The summed E-state index contributed by atoms with van der Waals surface area (Å²) in [5.74, 6) is 0.000566. The van der Waals surface area contributed by atoms with Crippen molar-refractivity contribution in [3.8, 4) is 22.6 Å². The number of benzene rings is 3. The molecule has 0 aliphatic heterocycles. The van der Waals surface area contributed by atoms with Crippen LogP contribution in [0.25, 0.3) is 11.1 Å². The van der Waals surface area contributed by atoms with Crippen molar-refractivity contribution in [2.24, 2.45) is 0 Å². The molecule has 0 aliphatic rings. The van der Waals surface area contributed by atoms with Crippen molar-refractivity contribution < 1.29 is 10.2 Å². The summed E-state index contributed by atoms with van der Waals surface area (Å²) in [6.07, 6.45) is 0. The van der Waals surface area contributed by atoms with Crippen LogP contribution in [0.3, 0.4) is 0 Å². The van der Waals surface area contributed by atoms with Gasteiger partial charge in [-0.15, -0.1) is 0 Å². The van der Waals surface area contributed by atoms with E-state index in [0.29, 0.717) is 10.4 Å². The Labute approximate surface area is 134 Å². The average Bonchev–Trinajstić information content (AvgIpc) is 2.55. The molecule has 0 saturated heterocycles. The molecule has 3 heteroatoms. The van der Waals surface area contributed by atoms with Crippen LogP contribution in [0.2, 0.25) is 0 Å². The van der Waals surface area contributed by atoms with Gasteiger partial charge in [-0.05, 0) is 28.8 Å². The van der Waals surface area contributed by atoms with Gasteiger partial charge >= 0.3 is 0 Å². The molecule has 0 aromatic heterocycles. The van der Waals surface area contributed by atoms with E-state index in [1.54, 1.807) is 6.07 Å². The molecule has 0 spiro atoms. The molecule has 2 nitrogen and oxygen atoms in total. The molecular weight excluding hydrogens is 292 g/mol. The van der Waals surface area contributed by atoms with Crippen molar-refractivity contribution in [1.82, 2.24) is 0 Å². The highest BCUT2D eigenvalue weighted by atomic mass is 32.1. The maximum absolute atomic E-state index is 9.91. The lowest BCUT2D eigenvalue weighted by Gasteiger charge is -2.08. The Morgan fingerprint density at radius 3 is 2.00 bits per heavy atom. The molecule has 0 amide bonds. The number of phenolic OH excluding ortho intramolecular Hbond substituents is 2. The highest BCUT2D eigenvalue weighted by Gasteiger charge is 2.10. The van der Waals surface area contributed by atoms with E-state index >= 15 is 0 Å². The van der Waals surface area contributed by atoms with Crippen LogP contribution >= 0.6 is 12.2 Å². The molecule has 0 fully saturated rings. The Balaban J connectivity index is 1.91. The zero-order valence-electron chi connectivity index (χ0n) is 11.7. The second kappa shape index (κ2) is 6.00. The second-order valence-electron chi connectivity index (χ2n) is 4.97. The largest absolute Gasteiger partial charge is 0.508 e. The van der Waals surface area contributed by atoms with E-state index in [4.69, 9.17) is 12.2 Å². The van der Waals surface area contributed by atoms with Crippen LogP contribution in [0, 0.1) is 0 Å². The smallest absolute Gasteiger partial charge is 0.127 e. The molecule has 0 radical (unpaired) electrons. The van der Waals surface area contributed by atoms with Crippen LogP contribution in [0.5, 0.6) is 11.5 Å². The van der Waals surface area contributed by atoms with Crippen molar-refractivity contribution in [3.63, 3.8) is 0 Å². The molecular formula is C19H14O2S. The van der Waals surface area contributed by atoms with Gasteiger partial charge in [0.25, 0.3) is 0 Å². The van der Waals surface area contributed by atoms with Crippen LogP contribution in [-0.4, -0.2) is 15.1 Å². The van der Waals surface area contributed by atoms with E-state index in [2.05, 4.69) is 12.1 Å². The molecule has 108 valence electrons. The predicted octanol–water partition coefficient (Wildman–Crippen LogP) is 4.53. The van der Waals surface area contributed by atoms with E-state index in [1.807, 2.05) is 42.5 Å². The van der Waals surface area contributed by atoms with E-state index in [0.717, 1.165) is 16.7 Å². The summed E-state index contributed by atoms with van der Waals surface area (Å²) < 4.78 is 0. The summed E-state index contributed by atoms with van der Waals surface area (Å²) in [6.45, 7) is 0. The molecule has 3 rings (SSSR count). The Kier molecular flexibility index (Phi) is 3.90. The lowest BCUT2D eigenvalue weighted by Crippen LogP contribution is -1.99. The molecule has 0 aliphatic carbocycles. The van der Waals surface area contributed by atoms with Crippen molar-refractivity contribution in [1.29, 1.82) is 0 Å². The predicted molar refractivity (Wildman–Crippen MR) is 92.5 cm³/mol. The fraction of sp³-hybridized carbons (Fsp3) is 0. The summed E-state index contributed by atoms with van der Waals surface area (Å²) in [6, 6.07) is 22.4. The quantitative estimate of drug-likeness (QED) is 0.551. The van der Waals surface area contributed by atoms with Gasteiger partial charge in [-0.3, -0.25) is 0 Å². The van der Waals surface area contributed by atoms with Crippen LogP contribution < -0.4 is 0 Å². The van der Waals surface area contributed by atoms with Gasteiger partial charge in [0.15, 0.2) is 0 Å². The Morgan fingerprint density at radius 1 is 0.727 bits per heavy atom. The maximum atomic E-state index is 9.91. The van der Waals surface area contributed by atoms with Gasteiger partial charge in [0, 0.05) is 11.6 Å². The third-order valence-electron chi connectivity index (χ3n) is 3.48. The summed E-state index contributed by atoms with van der Waals surface area (Å²) >= 11 is 5.44. The minimum Gasteiger partial charge on any atom is -0.508 e. The van der Waals surface area contributed by atoms with E-state index in [9.17, 15) is 10.2 Å². The first-order valence-corrected chi connectivity index (χ1v) is 7.28. The Morgan fingerprint density at radius 2 is 1.36 bits per heavy atom. The van der Waals surface area contributed by atoms with Crippen molar-refractivity contribution in [3.05, 3.63) is 83.9 Å². The topological polar surface area (TPSA) is 40.5 Å². The van der Waals surface area contributed by atoms with Crippen LogP contribution in [0.15, 0.2) is 72.8 Å². The van der Waals surface area contributed by atoms with Crippen molar-refractivity contribution in [2.45, 2.75) is 0 Å². The minimum absolute atomic E-state index is 0.0165. The zero-order chi connectivity index (χ0) is 15.5. The first-order chi connectivity index (χ1) is 10.6. The van der Waals surface area contributed by atoms with Crippen LogP contribution in [0.1, 0.15) is 11.1 Å². The van der Waals surface area contributed by atoms with Crippen molar-refractivity contribution in [2.75, 3.05) is 0 Å². The van der Waals surface area contributed by atoms with E-state index in [1.165, 1.54) is 12.1 Å². The van der Waals surface area contributed by atoms with Gasteiger partial charge in [-0.1, -0.05) is 66.8 Å². The fourth-order valence-corrected chi connectivity index (χ4v) is 2.62. The normalized spacial score (nSPS) is 10.4. The summed E-state index contributed by atoms with van der Waals surface area (Å²) in [5, 5.41) is 19.3. The first-order valence-electron chi connectivity index (χ1n) is 6.87. The van der Waals surface area contributed by atoms with Crippen LogP contribution in [-0.2, 0) is 0 Å². The summed E-state index contributed by atoms with van der Waals surface area (Å²) in [7, 11) is 0. The monoisotopic (exact) mass is 306 g/mol. The molecule has 3 aromatic rings. The molecule has 3 aromatic carbocycles. The number of thiocarbonyl (C=S) groups is 1. The van der Waals surface area contributed by atoms with Gasteiger partial charge in [0.2, 0.25) is 0 Å². The molecule has 0 saturated carbocycles. The van der Waals surface area contributed by atoms with Crippen molar-refractivity contribution >= 4 is 17.1 Å². The highest BCUT2D eigenvalue weighted by Crippen LogP contribution is 2.27. The molecule has 0 heterocycles.